The summed E-state index contributed by atoms with van der Waals surface area (Å²) in [6.07, 6.45) is 2.62. The van der Waals surface area contributed by atoms with Crippen LogP contribution < -0.4 is 10.6 Å². The zero-order valence-electron chi connectivity index (χ0n) is 15.3. The summed E-state index contributed by atoms with van der Waals surface area (Å²) < 4.78 is 0. The van der Waals surface area contributed by atoms with Crippen LogP contribution in [0.5, 0.6) is 0 Å². The molecule has 6 nitrogen and oxygen atoms in total. The van der Waals surface area contributed by atoms with Gasteiger partial charge in [-0.3, -0.25) is 29.8 Å². The molecule has 0 aromatic heterocycles. The van der Waals surface area contributed by atoms with Crippen molar-refractivity contribution in [3.63, 3.8) is 0 Å². The van der Waals surface area contributed by atoms with Crippen molar-refractivity contribution in [3.05, 3.63) is 70.8 Å². The third-order valence-electron chi connectivity index (χ3n) is 4.88. The Morgan fingerprint density at radius 1 is 0.607 bits per heavy atom. The van der Waals surface area contributed by atoms with Gasteiger partial charge in [-0.05, 0) is 47.2 Å². The third kappa shape index (κ3) is 2.95. The fourth-order valence-corrected chi connectivity index (χ4v) is 3.51. The van der Waals surface area contributed by atoms with Crippen LogP contribution in [0.2, 0.25) is 0 Å². The maximum absolute atomic E-state index is 11.9. The number of hydrogen-bond donors (Lipinski definition) is 2. The lowest BCUT2D eigenvalue weighted by atomic mass is 9.92. The SMILES string of the molecule is Cc1cc(-c2ccc(C3=CC(=O)NC3=O)c(C)c2)ccc1C1=CC(=O)NC1=O. The molecule has 2 aliphatic rings. The fourth-order valence-electron chi connectivity index (χ4n) is 3.51. The molecule has 4 amide bonds. The smallest absolute Gasteiger partial charge is 0.258 e. The fraction of sp³-hybridized carbons (Fsp3) is 0.0909. The number of carbonyl (C=O) groups excluding carboxylic acids is 4. The van der Waals surface area contributed by atoms with Crippen molar-refractivity contribution in [3.8, 4) is 11.1 Å². The molecular weight excluding hydrogens is 356 g/mol. The van der Waals surface area contributed by atoms with Crippen molar-refractivity contribution in [2.75, 3.05) is 0 Å². The van der Waals surface area contributed by atoms with E-state index in [0.29, 0.717) is 22.3 Å². The van der Waals surface area contributed by atoms with E-state index in [4.69, 9.17) is 0 Å². The van der Waals surface area contributed by atoms with Crippen LogP contribution in [0.15, 0.2) is 48.6 Å². The van der Waals surface area contributed by atoms with Crippen LogP contribution in [0.1, 0.15) is 22.3 Å². The molecule has 0 aliphatic carbocycles. The minimum Gasteiger partial charge on any atom is -0.289 e. The summed E-state index contributed by atoms with van der Waals surface area (Å²) in [5, 5.41) is 4.51. The molecule has 2 aromatic rings. The number of rotatable bonds is 3. The molecule has 0 saturated heterocycles. The quantitative estimate of drug-likeness (QED) is 0.807. The molecule has 2 aromatic carbocycles. The van der Waals surface area contributed by atoms with E-state index >= 15 is 0 Å². The van der Waals surface area contributed by atoms with Crippen molar-refractivity contribution < 1.29 is 19.2 Å². The van der Waals surface area contributed by atoms with Gasteiger partial charge >= 0.3 is 0 Å². The summed E-state index contributed by atoms with van der Waals surface area (Å²) in [5.74, 6) is -1.59. The van der Waals surface area contributed by atoms with E-state index in [1.807, 2.05) is 50.2 Å². The summed E-state index contributed by atoms with van der Waals surface area (Å²) in [4.78, 5) is 46.6. The molecule has 2 aliphatic heterocycles. The lowest BCUT2D eigenvalue weighted by Crippen LogP contribution is -2.21. The minimum absolute atomic E-state index is 0.365. The summed E-state index contributed by atoms with van der Waals surface area (Å²) >= 11 is 0. The number of imide groups is 2. The predicted molar refractivity (Wildman–Crippen MR) is 104 cm³/mol. The van der Waals surface area contributed by atoms with Gasteiger partial charge in [-0.15, -0.1) is 0 Å². The highest BCUT2D eigenvalue weighted by atomic mass is 16.2. The molecule has 0 unspecified atom stereocenters. The van der Waals surface area contributed by atoms with Gasteiger partial charge in [0.1, 0.15) is 0 Å². The Kier molecular flexibility index (Phi) is 4.04. The molecule has 0 fully saturated rings. The highest BCUT2D eigenvalue weighted by molar-refractivity contribution is 6.34. The van der Waals surface area contributed by atoms with E-state index < -0.39 is 23.6 Å². The van der Waals surface area contributed by atoms with E-state index in [9.17, 15) is 19.2 Å². The van der Waals surface area contributed by atoms with E-state index in [0.717, 1.165) is 22.3 Å². The lowest BCUT2D eigenvalue weighted by molar-refractivity contribution is -0.124. The minimum atomic E-state index is -0.404. The topological polar surface area (TPSA) is 92.3 Å². The largest absolute Gasteiger partial charge is 0.289 e. The predicted octanol–water partition coefficient (Wildman–Crippen LogP) is 2.05. The summed E-state index contributed by atoms with van der Waals surface area (Å²) in [6, 6.07) is 11.3. The number of nitrogens with one attached hydrogen (secondary N) is 2. The zero-order valence-corrected chi connectivity index (χ0v) is 15.3. The van der Waals surface area contributed by atoms with Crippen molar-refractivity contribution in [2.24, 2.45) is 0 Å². The van der Waals surface area contributed by atoms with Gasteiger partial charge in [-0.25, -0.2) is 0 Å². The third-order valence-corrected chi connectivity index (χ3v) is 4.88. The lowest BCUT2D eigenvalue weighted by Gasteiger charge is -2.11. The molecule has 0 bridgehead atoms. The van der Waals surface area contributed by atoms with Gasteiger partial charge in [0.2, 0.25) is 0 Å². The molecule has 0 saturated carbocycles. The zero-order chi connectivity index (χ0) is 20.0. The maximum atomic E-state index is 11.9. The number of amides is 4. The van der Waals surface area contributed by atoms with Gasteiger partial charge in [0.05, 0.1) is 11.1 Å². The molecule has 2 N–H and O–H groups in total. The molecule has 2 heterocycles. The average molecular weight is 372 g/mol. The van der Waals surface area contributed by atoms with E-state index in [2.05, 4.69) is 10.6 Å². The molecule has 6 heteroatoms. The Bertz CT molecular complexity index is 1060. The monoisotopic (exact) mass is 372 g/mol. The van der Waals surface area contributed by atoms with Gasteiger partial charge in [0, 0.05) is 12.2 Å². The van der Waals surface area contributed by atoms with E-state index in [-0.39, 0.29) is 0 Å². The van der Waals surface area contributed by atoms with Crippen molar-refractivity contribution in [2.45, 2.75) is 13.8 Å². The summed E-state index contributed by atoms with van der Waals surface area (Å²) in [6.45, 7) is 3.77. The van der Waals surface area contributed by atoms with Crippen LogP contribution in [0.4, 0.5) is 0 Å². The van der Waals surface area contributed by atoms with Crippen molar-refractivity contribution in [1.29, 1.82) is 0 Å². The van der Waals surface area contributed by atoms with E-state index in [1.165, 1.54) is 12.2 Å². The second kappa shape index (κ2) is 6.42. The molecule has 0 spiro atoms. The second-order valence-corrected chi connectivity index (χ2v) is 6.81. The van der Waals surface area contributed by atoms with Gasteiger partial charge in [-0.1, -0.05) is 36.4 Å². The van der Waals surface area contributed by atoms with Crippen LogP contribution in [0, 0.1) is 13.8 Å². The van der Waals surface area contributed by atoms with Crippen LogP contribution in [0.25, 0.3) is 22.3 Å². The number of hydrogen-bond acceptors (Lipinski definition) is 4. The molecule has 0 atom stereocenters. The van der Waals surface area contributed by atoms with E-state index in [1.54, 1.807) is 0 Å². The maximum Gasteiger partial charge on any atom is 0.258 e. The standard InChI is InChI=1S/C22H16N2O4/c1-11-7-13(3-5-15(11)17-9-19(25)23-21(17)27)14-4-6-16(12(2)8-14)18-10-20(26)24-22(18)28/h3-10H,1-2H3,(H,23,25,27)(H,24,26,28). The Morgan fingerprint density at radius 2 is 1.00 bits per heavy atom. The Labute approximate surface area is 160 Å². The molecule has 28 heavy (non-hydrogen) atoms. The molecule has 138 valence electrons. The van der Waals surface area contributed by atoms with Gasteiger partial charge in [-0.2, -0.15) is 0 Å². The Morgan fingerprint density at radius 3 is 1.29 bits per heavy atom. The molecule has 4 rings (SSSR count). The highest BCUT2D eigenvalue weighted by Gasteiger charge is 2.24. The first kappa shape index (κ1) is 17.6. The first-order chi connectivity index (χ1) is 13.3. The first-order valence-corrected chi connectivity index (χ1v) is 8.70. The second-order valence-electron chi connectivity index (χ2n) is 6.81. The Hall–Kier alpha value is -3.80. The number of benzene rings is 2. The average Bonchev–Trinajstić information content (AvgIpc) is 3.15. The molecule has 0 radical (unpaired) electrons. The number of aryl methyl sites for hydroxylation is 2. The summed E-state index contributed by atoms with van der Waals surface area (Å²) in [5.41, 5.74) is 5.80. The van der Waals surface area contributed by atoms with Crippen LogP contribution >= 0.6 is 0 Å². The summed E-state index contributed by atoms with van der Waals surface area (Å²) in [7, 11) is 0. The van der Waals surface area contributed by atoms with Gasteiger partial charge < -0.3 is 0 Å². The van der Waals surface area contributed by atoms with Gasteiger partial charge in [0.15, 0.2) is 0 Å². The van der Waals surface area contributed by atoms with Gasteiger partial charge in [0.25, 0.3) is 23.6 Å². The Balaban J connectivity index is 1.69. The van der Waals surface area contributed by atoms with Crippen LogP contribution in [-0.4, -0.2) is 23.6 Å². The first-order valence-electron chi connectivity index (χ1n) is 8.70. The van der Waals surface area contributed by atoms with Crippen LogP contribution in [0.3, 0.4) is 0 Å². The molecular formula is C22H16N2O4. The van der Waals surface area contributed by atoms with Crippen LogP contribution in [-0.2, 0) is 19.2 Å². The van der Waals surface area contributed by atoms with Crippen molar-refractivity contribution in [1.82, 2.24) is 10.6 Å². The number of carbonyl (C=O) groups is 4. The van der Waals surface area contributed by atoms with Crippen molar-refractivity contribution >= 4 is 34.8 Å². The normalized spacial score (nSPS) is 16.1. The highest BCUT2D eigenvalue weighted by Crippen LogP contribution is 2.30.